The van der Waals surface area contributed by atoms with Crippen molar-refractivity contribution >= 4 is 9.84 Å². The van der Waals surface area contributed by atoms with E-state index in [-0.39, 0.29) is 32.7 Å². The Hall–Kier alpha value is -0.516. The van der Waals surface area contributed by atoms with Crippen molar-refractivity contribution in [3.05, 3.63) is 42.5 Å². The molecule has 6 heteroatoms. The Kier molecular flexibility index (Phi) is 4.64. The number of imidazole rings is 1. The smallest absolute Gasteiger partial charge is 0.175 e. The van der Waals surface area contributed by atoms with E-state index >= 15 is 0 Å². The molecule has 1 heterocycles. The second-order valence-electron chi connectivity index (χ2n) is 3.55. The molecule has 0 spiro atoms. The molecule has 0 aliphatic heterocycles. The third-order valence-electron chi connectivity index (χ3n) is 2.30. The van der Waals surface area contributed by atoms with Gasteiger partial charge in [-0.15, -0.1) is 6.20 Å². The molecule has 0 bridgehead atoms. The molecule has 1 radical (unpaired) electrons. The Morgan fingerprint density at radius 2 is 1.82 bits per heavy atom. The van der Waals surface area contributed by atoms with E-state index in [4.69, 9.17) is 0 Å². The number of nitrogens with zero attached hydrogens (tertiary/aromatic N) is 2. The summed E-state index contributed by atoms with van der Waals surface area (Å²) in [6.45, 7) is 1.86. The van der Waals surface area contributed by atoms with Crippen LogP contribution in [0, 0.1) is 13.1 Å². The maximum Gasteiger partial charge on any atom is 0.175 e. The Balaban J connectivity index is 0.00000144. The summed E-state index contributed by atoms with van der Waals surface area (Å²) in [5.74, 6) is 0.812. The molecule has 0 N–H and O–H groups in total. The largest absolute Gasteiger partial charge is 0.439 e. The predicted octanol–water partition coefficient (Wildman–Crippen LogP) is 1.38. The van der Waals surface area contributed by atoms with Gasteiger partial charge >= 0.3 is 0 Å². The van der Waals surface area contributed by atoms with Crippen molar-refractivity contribution in [2.45, 2.75) is 11.8 Å². The number of hydrogen-bond acceptors (Lipinski definition) is 3. The van der Waals surface area contributed by atoms with Crippen LogP contribution in [0.15, 0.2) is 35.4 Å². The summed E-state index contributed by atoms with van der Waals surface area (Å²) in [5, 5.41) is 0. The first-order chi connectivity index (χ1) is 7.48. The molecule has 0 amide bonds. The average Bonchev–Trinajstić information content (AvgIpc) is 2.63. The van der Waals surface area contributed by atoms with Crippen LogP contribution in [-0.4, -0.2) is 24.2 Å². The molecule has 0 atom stereocenters. The summed E-state index contributed by atoms with van der Waals surface area (Å²) in [5.41, 5.74) is 0.874. The number of aryl methyl sites for hydroxylation is 1. The second kappa shape index (κ2) is 5.42. The van der Waals surface area contributed by atoms with Crippen LogP contribution in [0.5, 0.6) is 0 Å². The van der Waals surface area contributed by atoms with Crippen molar-refractivity contribution in [2.75, 3.05) is 6.26 Å². The molecule has 1 aromatic carbocycles. The van der Waals surface area contributed by atoms with Gasteiger partial charge in [-0.2, -0.15) is 0 Å². The molecular formula is C11H11N2O2SY-. The summed E-state index contributed by atoms with van der Waals surface area (Å²) >= 11 is 0. The van der Waals surface area contributed by atoms with Crippen LogP contribution in [0.3, 0.4) is 0 Å². The Labute approximate surface area is 126 Å². The van der Waals surface area contributed by atoms with Crippen molar-refractivity contribution in [3.63, 3.8) is 0 Å². The van der Waals surface area contributed by atoms with Crippen LogP contribution in [0.2, 0.25) is 0 Å². The fourth-order valence-electron chi connectivity index (χ4n) is 1.44. The van der Waals surface area contributed by atoms with Gasteiger partial charge in [0.2, 0.25) is 0 Å². The number of rotatable bonds is 2. The fraction of sp³-hybridized carbons (Fsp3) is 0.182. The van der Waals surface area contributed by atoms with Crippen LogP contribution in [0.1, 0.15) is 5.82 Å². The molecule has 0 saturated heterocycles. The minimum absolute atomic E-state index is 0. The van der Waals surface area contributed by atoms with Gasteiger partial charge in [0.05, 0.1) is 4.90 Å². The van der Waals surface area contributed by atoms with E-state index in [0.29, 0.717) is 4.90 Å². The van der Waals surface area contributed by atoms with Gasteiger partial charge in [-0.1, -0.05) is 13.1 Å². The third-order valence-corrected chi connectivity index (χ3v) is 3.43. The Morgan fingerprint density at radius 1 is 1.24 bits per heavy atom. The van der Waals surface area contributed by atoms with E-state index in [2.05, 4.69) is 11.2 Å². The average molecular weight is 324 g/mol. The number of hydrogen-bond donors (Lipinski definition) is 0. The maximum absolute atomic E-state index is 11.3. The maximum atomic E-state index is 11.3. The molecule has 0 saturated carbocycles. The third kappa shape index (κ3) is 3.24. The summed E-state index contributed by atoms with van der Waals surface area (Å²) in [6.07, 6.45) is 5.64. The van der Waals surface area contributed by atoms with E-state index in [1.54, 1.807) is 30.5 Å². The van der Waals surface area contributed by atoms with Crippen molar-refractivity contribution in [3.8, 4) is 5.69 Å². The molecule has 0 unspecified atom stereocenters. The molecule has 87 valence electrons. The van der Waals surface area contributed by atoms with E-state index in [1.165, 1.54) is 6.26 Å². The van der Waals surface area contributed by atoms with E-state index in [9.17, 15) is 8.42 Å². The van der Waals surface area contributed by atoms with Gasteiger partial charge < -0.3 is 9.55 Å². The van der Waals surface area contributed by atoms with Gasteiger partial charge in [0, 0.05) is 44.7 Å². The molecule has 0 fully saturated rings. The van der Waals surface area contributed by atoms with E-state index < -0.39 is 9.84 Å². The van der Waals surface area contributed by atoms with E-state index in [1.807, 2.05) is 11.5 Å². The van der Waals surface area contributed by atoms with Crippen molar-refractivity contribution < 1.29 is 41.1 Å². The van der Waals surface area contributed by atoms with Gasteiger partial charge in [-0.25, -0.2) is 8.42 Å². The van der Waals surface area contributed by atoms with Gasteiger partial charge in [0.1, 0.15) is 0 Å². The van der Waals surface area contributed by atoms with Crippen LogP contribution < -0.4 is 0 Å². The van der Waals surface area contributed by atoms with Crippen LogP contribution in [0.25, 0.3) is 5.69 Å². The van der Waals surface area contributed by atoms with E-state index in [0.717, 1.165) is 11.5 Å². The van der Waals surface area contributed by atoms with Crippen molar-refractivity contribution in [1.29, 1.82) is 0 Å². The molecule has 2 rings (SSSR count). The molecule has 2 aromatic rings. The van der Waals surface area contributed by atoms with Gasteiger partial charge in [0.15, 0.2) is 9.84 Å². The minimum Gasteiger partial charge on any atom is -0.439 e. The minimum atomic E-state index is -3.13. The SMILES string of the molecule is Cc1n[c-]cn1-c1ccc(S(C)(=O)=O)cc1.[Y]. The Morgan fingerprint density at radius 3 is 2.24 bits per heavy atom. The molecule has 0 aliphatic carbocycles. The number of sulfone groups is 1. The zero-order valence-corrected chi connectivity index (χ0v) is 13.2. The number of benzene rings is 1. The van der Waals surface area contributed by atoms with Crippen LogP contribution in [0.4, 0.5) is 0 Å². The fourth-order valence-corrected chi connectivity index (χ4v) is 2.07. The first-order valence-corrected chi connectivity index (χ1v) is 6.60. The van der Waals surface area contributed by atoms with Crippen LogP contribution >= 0.6 is 0 Å². The molecule has 1 aromatic heterocycles. The Bertz CT molecular complexity index is 603. The summed E-state index contributed by atoms with van der Waals surface area (Å²) in [4.78, 5) is 4.30. The van der Waals surface area contributed by atoms with Crippen molar-refractivity contribution in [1.82, 2.24) is 9.55 Å². The van der Waals surface area contributed by atoms with Crippen LogP contribution in [-0.2, 0) is 42.5 Å². The first-order valence-electron chi connectivity index (χ1n) is 4.71. The molecule has 17 heavy (non-hydrogen) atoms. The van der Waals surface area contributed by atoms with Gasteiger partial charge in [-0.3, -0.25) is 0 Å². The molecule has 4 nitrogen and oxygen atoms in total. The predicted molar refractivity (Wildman–Crippen MR) is 60.2 cm³/mol. The second-order valence-corrected chi connectivity index (χ2v) is 5.57. The monoisotopic (exact) mass is 324 g/mol. The topological polar surface area (TPSA) is 52.0 Å². The molecule has 0 aliphatic rings. The summed E-state index contributed by atoms with van der Waals surface area (Å²) in [7, 11) is -3.13. The molecular weight excluding hydrogens is 313 g/mol. The zero-order valence-electron chi connectivity index (χ0n) is 9.58. The first kappa shape index (κ1) is 14.5. The van der Waals surface area contributed by atoms with Gasteiger partial charge in [0.25, 0.3) is 0 Å². The quantitative estimate of drug-likeness (QED) is 0.785. The zero-order chi connectivity index (χ0) is 11.8. The summed E-state index contributed by atoms with van der Waals surface area (Å²) < 4.78 is 24.4. The normalized spacial score (nSPS) is 10.9. The van der Waals surface area contributed by atoms with Gasteiger partial charge in [-0.05, 0) is 30.1 Å². The number of aromatic nitrogens is 2. The standard InChI is InChI=1S/C11H11N2O2S.Y/c1-9-12-7-8-13(9)10-3-5-11(6-4-10)16(2,14)15;/h3-6,8H,1-2H3;/q-1;. The van der Waals surface area contributed by atoms with Crippen molar-refractivity contribution in [2.24, 2.45) is 0 Å². The summed E-state index contributed by atoms with van der Waals surface area (Å²) in [6, 6.07) is 6.67.